The average molecular weight is 400 g/mol. The van der Waals surface area contributed by atoms with Gasteiger partial charge in [0.15, 0.2) is 0 Å². The van der Waals surface area contributed by atoms with Crippen molar-refractivity contribution >= 4 is 18.2 Å². The van der Waals surface area contributed by atoms with Crippen molar-refractivity contribution in [3.63, 3.8) is 0 Å². The molecule has 24 heavy (non-hydrogen) atoms. The van der Waals surface area contributed by atoms with Crippen molar-refractivity contribution in [3.8, 4) is 6.07 Å². The summed E-state index contributed by atoms with van der Waals surface area (Å²) in [6.45, 7) is 10.2. The Labute approximate surface area is 166 Å². The zero-order valence-electron chi connectivity index (χ0n) is 14.1. The van der Waals surface area contributed by atoms with Crippen LogP contribution in [0.15, 0.2) is 0 Å². The molecule has 2 unspecified atom stereocenters. The number of nitriles is 1. The number of ether oxygens (including phenoxy) is 1. The van der Waals surface area contributed by atoms with Crippen molar-refractivity contribution in [1.82, 2.24) is 14.6 Å². The first kappa shape index (κ1) is 19.0. The van der Waals surface area contributed by atoms with Crippen LogP contribution in [0.5, 0.6) is 0 Å². The van der Waals surface area contributed by atoms with Gasteiger partial charge in [0, 0.05) is 43.9 Å². The molecule has 0 aliphatic heterocycles. The Morgan fingerprint density at radius 2 is 2.00 bits per heavy atom. The van der Waals surface area contributed by atoms with Gasteiger partial charge in [-0.2, -0.15) is 5.26 Å². The van der Waals surface area contributed by atoms with E-state index < -0.39 is 5.97 Å². The Hall–Kier alpha value is -1.32. The summed E-state index contributed by atoms with van der Waals surface area (Å²) in [5.41, 5.74) is 0.591. The maximum absolute atomic E-state index is 12.7. The van der Waals surface area contributed by atoms with Crippen LogP contribution in [-0.2, 0) is 37.4 Å². The maximum Gasteiger partial charge on any atom is 0.325 e. The van der Waals surface area contributed by atoms with E-state index in [1.54, 1.807) is 0 Å². The minimum absolute atomic E-state index is 0. The fourth-order valence-electron chi connectivity index (χ4n) is 3.84. The van der Waals surface area contributed by atoms with Crippen molar-refractivity contribution in [2.75, 3.05) is 0 Å². The smallest absolute Gasteiger partial charge is 0.325 e. The molecule has 123 valence electrons. The summed E-state index contributed by atoms with van der Waals surface area (Å²) < 4.78 is 7.12. The second-order valence-electron chi connectivity index (χ2n) is 6.66. The average Bonchev–Trinajstić information content (AvgIpc) is 3.04. The molecule has 2 aromatic heterocycles. The first-order valence-corrected chi connectivity index (χ1v) is 7.82. The van der Waals surface area contributed by atoms with Crippen molar-refractivity contribution in [2.24, 2.45) is 17.8 Å². The van der Waals surface area contributed by atoms with E-state index in [2.05, 4.69) is 43.8 Å². The molecule has 0 N–H and O–H groups in total. The van der Waals surface area contributed by atoms with Gasteiger partial charge in [-0.15, -0.1) is 0 Å². The number of rotatable bonds is 2. The SMILES string of the molecule is C=c1c(C#N)c(C(=O)OC2C(C)CC(C)CC2C)c2n[c-]nn12.[Y]. The third-order valence-electron chi connectivity index (χ3n) is 4.75. The first-order chi connectivity index (χ1) is 10.9. The number of hydrogen-bond donors (Lipinski definition) is 0. The minimum Gasteiger partial charge on any atom is -0.459 e. The molecule has 0 bridgehead atoms. The van der Waals surface area contributed by atoms with E-state index in [0.717, 1.165) is 12.8 Å². The zero-order chi connectivity index (χ0) is 16.7. The number of carbonyl (C=O) groups is 1. The van der Waals surface area contributed by atoms with Crippen molar-refractivity contribution in [1.29, 1.82) is 5.26 Å². The molecule has 7 heteroatoms. The molecule has 1 radical (unpaired) electrons. The van der Waals surface area contributed by atoms with Crippen LogP contribution >= 0.6 is 0 Å². The number of nitrogens with zero attached hydrogens (tertiary/aromatic N) is 4. The third kappa shape index (κ3) is 3.12. The van der Waals surface area contributed by atoms with Crippen LogP contribution in [0.4, 0.5) is 0 Å². The third-order valence-corrected chi connectivity index (χ3v) is 4.75. The number of carbonyl (C=O) groups excluding carboxylic acids is 1. The minimum atomic E-state index is -0.527. The van der Waals surface area contributed by atoms with Crippen LogP contribution in [0.2, 0.25) is 0 Å². The van der Waals surface area contributed by atoms with Gasteiger partial charge in [0.25, 0.3) is 0 Å². The van der Waals surface area contributed by atoms with Crippen molar-refractivity contribution in [2.45, 2.75) is 39.7 Å². The predicted octanol–water partition coefficient (Wildman–Crippen LogP) is 1.76. The Morgan fingerprint density at radius 1 is 1.38 bits per heavy atom. The van der Waals surface area contributed by atoms with E-state index in [0.29, 0.717) is 11.3 Å². The molecule has 3 rings (SSSR count). The van der Waals surface area contributed by atoms with Gasteiger partial charge in [-0.1, -0.05) is 27.4 Å². The van der Waals surface area contributed by atoms with Crippen LogP contribution in [0.1, 0.15) is 49.5 Å². The molecule has 2 aromatic rings. The molecule has 1 saturated carbocycles. The molecule has 0 saturated heterocycles. The monoisotopic (exact) mass is 400 g/mol. The summed E-state index contributed by atoms with van der Waals surface area (Å²) in [5, 5.41) is 13.5. The summed E-state index contributed by atoms with van der Waals surface area (Å²) in [5.74, 6) is 0.685. The largest absolute Gasteiger partial charge is 0.459 e. The van der Waals surface area contributed by atoms with Gasteiger partial charge in [0.05, 0.1) is 10.9 Å². The number of aromatic nitrogens is 3. The van der Waals surface area contributed by atoms with Gasteiger partial charge in [-0.3, -0.25) is 5.10 Å². The summed E-state index contributed by atoms with van der Waals surface area (Å²) in [7, 11) is 0. The topological polar surface area (TPSA) is 80.3 Å². The van der Waals surface area contributed by atoms with Crippen LogP contribution in [0.3, 0.4) is 0 Å². The Balaban J connectivity index is 0.00000208. The van der Waals surface area contributed by atoms with Gasteiger partial charge < -0.3 is 14.2 Å². The Morgan fingerprint density at radius 3 is 2.58 bits per heavy atom. The number of esters is 1. The standard InChI is InChI=1S/C17H19N4O2.Y/c1-9-5-10(2)15(11(3)6-9)23-17(22)14-13(7-18)12(4)21-16(14)19-8-20-21;/h9-11,15H,4-6H2,1-3H3;/q-1;. The van der Waals surface area contributed by atoms with E-state index in [-0.39, 0.29) is 67.4 Å². The normalized spacial score (nSPS) is 26.6. The van der Waals surface area contributed by atoms with Gasteiger partial charge in [0.2, 0.25) is 0 Å². The fourth-order valence-corrected chi connectivity index (χ4v) is 3.84. The van der Waals surface area contributed by atoms with Gasteiger partial charge in [-0.05, 0) is 36.9 Å². The van der Waals surface area contributed by atoms with E-state index in [1.165, 1.54) is 4.52 Å². The summed E-state index contributed by atoms with van der Waals surface area (Å²) >= 11 is 0. The summed E-state index contributed by atoms with van der Waals surface area (Å²) in [4.78, 5) is 16.6. The number of hydrogen-bond acceptors (Lipinski definition) is 5. The van der Waals surface area contributed by atoms with E-state index in [1.807, 2.05) is 6.07 Å². The molecule has 1 aliphatic carbocycles. The summed E-state index contributed by atoms with van der Waals surface area (Å²) in [6.07, 6.45) is 4.35. The predicted molar refractivity (Wildman–Crippen MR) is 83.2 cm³/mol. The zero-order valence-corrected chi connectivity index (χ0v) is 17.0. The Kier molecular flexibility index (Phi) is 5.77. The van der Waals surface area contributed by atoms with Crippen LogP contribution < -0.4 is 5.35 Å². The second-order valence-corrected chi connectivity index (χ2v) is 6.66. The summed E-state index contributed by atoms with van der Waals surface area (Å²) in [6, 6.07) is 2.01. The maximum atomic E-state index is 12.7. The van der Waals surface area contributed by atoms with Crippen molar-refractivity contribution < 1.29 is 42.2 Å². The van der Waals surface area contributed by atoms with Gasteiger partial charge >= 0.3 is 5.97 Å². The molecule has 0 amide bonds. The van der Waals surface area contributed by atoms with Gasteiger partial charge in [-0.25, -0.2) is 4.79 Å². The second kappa shape index (κ2) is 7.29. The molecular formula is C17H19N4O2Y-. The molecule has 0 spiro atoms. The van der Waals surface area contributed by atoms with E-state index in [9.17, 15) is 10.1 Å². The van der Waals surface area contributed by atoms with Crippen molar-refractivity contribution in [3.05, 3.63) is 22.8 Å². The van der Waals surface area contributed by atoms with E-state index >= 15 is 0 Å². The molecule has 2 heterocycles. The van der Waals surface area contributed by atoms with Crippen LogP contribution in [0.25, 0.3) is 12.2 Å². The molecule has 1 aliphatic rings. The molecule has 2 atom stereocenters. The van der Waals surface area contributed by atoms with E-state index in [4.69, 9.17) is 4.74 Å². The molecular weight excluding hydrogens is 381 g/mol. The van der Waals surface area contributed by atoms with Crippen LogP contribution in [0, 0.1) is 35.4 Å². The molecule has 1 fully saturated rings. The number of fused-ring (bicyclic) bond motifs is 1. The molecule has 6 nitrogen and oxygen atoms in total. The quantitative estimate of drug-likeness (QED) is 0.567. The first-order valence-electron chi connectivity index (χ1n) is 7.82. The van der Waals surface area contributed by atoms with Gasteiger partial charge in [0.1, 0.15) is 12.2 Å². The van der Waals surface area contributed by atoms with Crippen LogP contribution in [-0.4, -0.2) is 26.7 Å². The molecule has 0 aromatic carbocycles. The fraction of sp³-hybridized carbons (Fsp3) is 0.529. The Bertz CT molecular complexity index is 829.